The first-order valence-corrected chi connectivity index (χ1v) is 7.41. The van der Waals surface area contributed by atoms with E-state index in [-0.39, 0.29) is 4.90 Å². The van der Waals surface area contributed by atoms with Crippen LogP contribution < -0.4 is 5.73 Å². The van der Waals surface area contributed by atoms with Crippen molar-refractivity contribution in [2.24, 2.45) is 5.73 Å². The van der Waals surface area contributed by atoms with Crippen LogP contribution in [0.15, 0.2) is 47.5 Å². The highest BCUT2D eigenvalue weighted by Crippen LogP contribution is 2.08. The van der Waals surface area contributed by atoms with E-state index in [1.165, 1.54) is 12.1 Å². The number of pyridine rings is 1. The van der Waals surface area contributed by atoms with Crippen LogP contribution in [0.4, 0.5) is 0 Å². The maximum Gasteiger partial charge on any atom is 0.294 e. The van der Waals surface area contributed by atoms with Crippen LogP contribution >= 0.6 is 0 Å². The van der Waals surface area contributed by atoms with Crippen molar-refractivity contribution in [3.63, 3.8) is 0 Å². The summed E-state index contributed by atoms with van der Waals surface area (Å²) in [6, 6.07) is 9.55. The van der Waals surface area contributed by atoms with E-state index in [0.29, 0.717) is 5.69 Å². The highest BCUT2D eigenvalue weighted by molar-refractivity contribution is 7.85. The second-order valence-corrected chi connectivity index (χ2v) is 5.74. The molecule has 0 aliphatic carbocycles. The van der Waals surface area contributed by atoms with Gasteiger partial charge in [0.1, 0.15) is 5.69 Å². The SMILES string of the molecule is Cc1ccc(S(=O)(=O)O)cc1.Cc1cccnc1C(N)=O. The summed E-state index contributed by atoms with van der Waals surface area (Å²) in [4.78, 5) is 14.3. The third-order valence-electron chi connectivity index (χ3n) is 2.56. The van der Waals surface area contributed by atoms with Crippen molar-refractivity contribution in [1.82, 2.24) is 4.98 Å². The van der Waals surface area contributed by atoms with E-state index in [2.05, 4.69) is 4.98 Å². The quantitative estimate of drug-likeness (QED) is 0.821. The molecule has 1 aromatic heterocycles. The summed E-state index contributed by atoms with van der Waals surface area (Å²) < 4.78 is 29.6. The Morgan fingerprint density at radius 3 is 2.10 bits per heavy atom. The van der Waals surface area contributed by atoms with Gasteiger partial charge in [-0.25, -0.2) is 0 Å². The number of carbonyl (C=O) groups is 1. The number of nitrogens with zero attached hydrogens (tertiary/aromatic N) is 1. The highest BCUT2D eigenvalue weighted by Gasteiger charge is 2.06. The summed E-state index contributed by atoms with van der Waals surface area (Å²) in [7, 11) is -4.02. The van der Waals surface area contributed by atoms with Gasteiger partial charge < -0.3 is 5.73 Å². The van der Waals surface area contributed by atoms with E-state index in [9.17, 15) is 13.2 Å². The molecule has 0 unspecified atom stereocenters. The Kier molecular flexibility index (Phi) is 5.57. The van der Waals surface area contributed by atoms with E-state index < -0.39 is 16.0 Å². The first kappa shape index (κ1) is 16.8. The number of benzene rings is 1. The van der Waals surface area contributed by atoms with Gasteiger partial charge in [-0.15, -0.1) is 0 Å². The van der Waals surface area contributed by atoms with Gasteiger partial charge in [0.05, 0.1) is 4.90 Å². The van der Waals surface area contributed by atoms with Crippen molar-refractivity contribution >= 4 is 16.0 Å². The molecule has 0 saturated heterocycles. The van der Waals surface area contributed by atoms with Crippen LogP contribution in [0.5, 0.6) is 0 Å². The Morgan fingerprint density at radius 1 is 1.14 bits per heavy atom. The average molecular weight is 308 g/mol. The molecule has 0 fully saturated rings. The predicted molar refractivity (Wildman–Crippen MR) is 78.5 cm³/mol. The van der Waals surface area contributed by atoms with E-state index in [1.54, 1.807) is 37.4 Å². The lowest BCUT2D eigenvalue weighted by molar-refractivity contribution is 0.0995. The summed E-state index contributed by atoms with van der Waals surface area (Å²) in [5, 5.41) is 0. The predicted octanol–water partition coefficient (Wildman–Crippen LogP) is 1.73. The molecule has 2 aromatic rings. The standard InChI is InChI=1S/C7H8N2O.C7H8O3S/c1-5-3-2-4-9-6(5)7(8)10;1-6-2-4-7(5-3-6)11(8,9)10/h2-4H,1H3,(H2,8,10);2-5H,1H3,(H,8,9,10). The van der Waals surface area contributed by atoms with Crippen LogP contribution in [0.3, 0.4) is 0 Å². The second kappa shape index (κ2) is 6.96. The van der Waals surface area contributed by atoms with Crippen LogP contribution in [-0.4, -0.2) is 23.9 Å². The topological polar surface area (TPSA) is 110 Å². The molecule has 112 valence electrons. The number of carbonyl (C=O) groups excluding carboxylic acids is 1. The molecule has 1 heterocycles. The maximum absolute atomic E-state index is 10.6. The van der Waals surface area contributed by atoms with Gasteiger partial charge in [-0.2, -0.15) is 8.42 Å². The molecule has 1 aromatic carbocycles. The monoisotopic (exact) mass is 308 g/mol. The molecular formula is C14H16N2O4S. The molecule has 0 spiro atoms. The number of hydrogen-bond acceptors (Lipinski definition) is 4. The number of amides is 1. The van der Waals surface area contributed by atoms with Crippen LogP contribution in [0.1, 0.15) is 21.6 Å². The Balaban J connectivity index is 0.000000211. The fraction of sp³-hybridized carbons (Fsp3) is 0.143. The Bertz CT molecular complexity index is 725. The lowest BCUT2D eigenvalue weighted by Gasteiger charge is -1.96. The van der Waals surface area contributed by atoms with Crippen molar-refractivity contribution in [2.75, 3.05) is 0 Å². The molecule has 3 N–H and O–H groups in total. The molecule has 7 heteroatoms. The van der Waals surface area contributed by atoms with E-state index in [1.807, 2.05) is 6.92 Å². The zero-order chi connectivity index (χ0) is 16.0. The zero-order valence-electron chi connectivity index (χ0n) is 11.6. The van der Waals surface area contributed by atoms with Crippen molar-refractivity contribution in [3.05, 3.63) is 59.4 Å². The van der Waals surface area contributed by atoms with E-state index in [4.69, 9.17) is 10.3 Å². The smallest absolute Gasteiger partial charge is 0.294 e. The van der Waals surface area contributed by atoms with Gasteiger partial charge in [-0.3, -0.25) is 14.3 Å². The van der Waals surface area contributed by atoms with Gasteiger partial charge >= 0.3 is 0 Å². The fourth-order valence-corrected chi connectivity index (χ4v) is 1.93. The van der Waals surface area contributed by atoms with Crippen LogP contribution in [0, 0.1) is 13.8 Å². The molecule has 0 bridgehead atoms. The molecule has 21 heavy (non-hydrogen) atoms. The van der Waals surface area contributed by atoms with Crippen LogP contribution in [0.2, 0.25) is 0 Å². The molecule has 0 saturated carbocycles. The molecule has 0 radical (unpaired) electrons. The number of hydrogen-bond donors (Lipinski definition) is 2. The van der Waals surface area contributed by atoms with Crippen molar-refractivity contribution in [2.45, 2.75) is 18.7 Å². The summed E-state index contributed by atoms with van der Waals surface area (Å²) >= 11 is 0. The van der Waals surface area contributed by atoms with Crippen molar-refractivity contribution in [3.8, 4) is 0 Å². The van der Waals surface area contributed by atoms with E-state index >= 15 is 0 Å². The summed E-state index contributed by atoms with van der Waals surface area (Å²) in [6.45, 7) is 3.64. The Labute approximate surface area is 123 Å². The molecule has 1 amide bonds. The summed E-state index contributed by atoms with van der Waals surface area (Å²) in [5.41, 5.74) is 7.13. The number of nitrogens with two attached hydrogens (primary N) is 1. The third-order valence-corrected chi connectivity index (χ3v) is 3.43. The van der Waals surface area contributed by atoms with Gasteiger partial charge in [0.2, 0.25) is 0 Å². The second-order valence-electron chi connectivity index (χ2n) is 4.32. The van der Waals surface area contributed by atoms with Gasteiger partial charge in [0, 0.05) is 6.20 Å². The van der Waals surface area contributed by atoms with Gasteiger partial charge in [0.15, 0.2) is 0 Å². The van der Waals surface area contributed by atoms with E-state index in [0.717, 1.165) is 11.1 Å². The lowest BCUT2D eigenvalue weighted by Crippen LogP contribution is -2.14. The number of primary amides is 1. The molecule has 0 aliphatic heterocycles. The number of aromatic nitrogens is 1. The Hall–Kier alpha value is -2.25. The molecular weight excluding hydrogens is 292 g/mol. The van der Waals surface area contributed by atoms with Crippen LogP contribution in [-0.2, 0) is 10.1 Å². The maximum atomic E-state index is 10.6. The normalized spacial score (nSPS) is 10.4. The number of rotatable bonds is 2. The third kappa shape index (κ3) is 5.33. The first-order valence-electron chi connectivity index (χ1n) is 5.97. The number of aryl methyl sites for hydroxylation is 2. The Morgan fingerprint density at radius 2 is 1.71 bits per heavy atom. The minimum Gasteiger partial charge on any atom is -0.364 e. The molecule has 0 atom stereocenters. The summed E-state index contributed by atoms with van der Waals surface area (Å²) in [5.74, 6) is -0.474. The summed E-state index contributed by atoms with van der Waals surface area (Å²) in [6.07, 6.45) is 1.55. The fourth-order valence-electron chi connectivity index (χ4n) is 1.45. The molecule has 6 nitrogen and oxygen atoms in total. The van der Waals surface area contributed by atoms with Crippen molar-refractivity contribution in [1.29, 1.82) is 0 Å². The largest absolute Gasteiger partial charge is 0.364 e. The van der Waals surface area contributed by atoms with Gasteiger partial charge in [-0.05, 0) is 37.6 Å². The van der Waals surface area contributed by atoms with Crippen molar-refractivity contribution < 1.29 is 17.8 Å². The minimum atomic E-state index is -4.02. The van der Waals surface area contributed by atoms with Gasteiger partial charge in [0.25, 0.3) is 16.0 Å². The van der Waals surface area contributed by atoms with Crippen LogP contribution in [0.25, 0.3) is 0 Å². The first-order chi connectivity index (χ1) is 9.71. The highest BCUT2D eigenvalue weighted by atomic mass is 32.2. The average Bonchev–Trinajstić information content (AvgIpc) is 2.39. The zero-order valence-corrected chi connectivity index (χ0v) is 12.5. The lowest BCUT2D eigenvalue weighted by atomic mass is 10.2. The van der Waals surface area contributed by atoms with Gasteiger partial charge in [-0.1, -0.05) is 23.8 Å². The molecule has 0 aliphatic rings. The molecule has 2 rings (SSSR count). The minimum absolute atomic E-state index is 0.0666.